The summed E-state index contributed by atoms with van der Waals surface area (Å²) in [5.41, 5.74) is 6.75. The minimum atomic E-state index is -0.378. The van der Waals surface area contributed by atoms with E-state index in [0.29, 0.717) is 11.4 Å². The Labute approximate surface area is 128 Å². The van der Waals surface area contributed by atoms with E-state index in [1.54, 1.807) is 24.3 Å². The molecule has 0 atom stereocenters. The number of carbonyl (C=O) groups is 1. The molecule has 0 aliphatic heterocycles. The lowest BCUT2D eigenvalue weighted by molar-refractivity contribution is -0.113. The van der Waals surface area contributed by atoms with Gasteiger partial charge in [0.2, 0.25) is 5.91 Å². The van der Waals surface area contributed by atoms with Gasteiger partial charge in [0.25, 0.3) is 0 Å². The number of hydrogen-bond donors (Lipinski definition) is 2. The monoisotopic (exact) mass is 354 g/mol. The number of carbonyl (C=O) groups excluding carboxylic acids is 1. The molecule has 0 aliphatic rings. The molecule has 0 spiro atoms. The van der Waals surface area contributed by atoms with Crippen LogP contribution in [-0.4, -0.2) is 11.7 Å². The van der Waals surface area contributed by atoms with E-state index >= 15 is 0 Å². The summed E-state index contributed by atoms with van der Waals surface area (Å²) in [5, 5.41) is 2.64. The summed E-state index contributed by atoms with van der Waals surface area (Å²) in [5.74, 6) is -0.333. The first kappa shape index (κ1) is 14.9. The highest BCUT2D eigenvalue weighted by atomic mass is 79.9. The Hall–Kier alpha value is -1.53. The standard InChI is InChI=1S/C14H12BrFN2OS/c15-12-7-10(17)4-5-13(12)20-8-14(19)18-11-3-1-2-9(16)6-11/h1-7H,8,17H2,(H,18,19). The molecule has 20 heavy (non-hydrogen) atoms. The lowest BCUT2D eigenvalue weighted by atomic mass is 10.3. The Morgan fingerprint density at radius 2 is 2.10 bits per heavy atom. The molecule has 2 aromatic rings. The molecule has 0 unspecified atom stereocenters. The number of hydrogen-bond acceptors (Lipinski definition) is 3. The van der Waals surface area contributed by atoms with E-state index in [-0.39, 0.29) is 17.5 Å². The zero-order valence-corrected chi connectivity index (χ0v) is 12.8. The molecule has 3 nitrogen and oxygen atoms in total. The van der Waals surface area contributed by atoms with Crippen molar-refractivity contribution < 1.29 is 9.18 Å². The van der Waals surface area contributed by atoms with Crippen LogP contribution >= 0.6 is 27.7 Å². The van der Waals surface area contributed by atoms with Crippen LogP contribution in [0.2, 0.25) is 0 Å². The molecule has 2 aromatic carbocycles. The molecule has 3 N–H and O–H groups in total. The molecule has 0 aromatic heterocycles. The van der Waals surface area contributed by atoms with Crippen LogP contribution in [-0.2, 0) is 4.79 Å². The maximum Gasteiger partial charge on any atom is 0.234 e. The van der Waals surface area contributed by atoms with Crippen LogP contribution in [0.4, 0.5) is 15.8 Å². The van der Waals surface area contributed by atoms with Crippen molar-refractivity contribution in [2.24, 2.45) is 0 Å². The molecular weight excluding hydrogens is 343 g/mol. The van der Waals surface area contributed by atoms with E-state index in [9.17, 15) is 9.18 Å². The third-order valence-electron chi connectivity index (χ3n) is 2.42. The van der Waals surface area contributed by atoms with Gasteiger partial charge in [0, 0.05) is 20.7 Å². The van der Waals surface area contributed by atoms with E-state index < -0.39 is 0 Å². The summed E-state index contributed by atoms with van der Waals surface area (Å²) in [6.07, 6.45) is 0. The zero-order chi connectivity index (χ0) is 14.5. The second-order valence-corrected chi connectivity index (χ2v) is 5.91. The Balaban J connectivity index is 1.92. The van der Waals surface area contributed by atoms with Crippen LogP contribution < -0.4 is 11.1 Å². The lowest BCUT2D eigenvalue weighted by Crippen LogP contribution is -2.14. The summed E-state index contributed by atoms with van der Waals surface area (Å²) in [6, 6.07) is 11.2. The number of anilines is 2. The van der Waals surface area contributed by atoms with Gasteiger partial charge < -0.3 is 11.1 Å². The van der Waals surface area contributed by atoms with Crippen molar-refractivity contribution >= 4 is 45.0 Å². The van der Waals surface area contributed by atoms with Crippen LogP contribution in [0.25, 0.3) is 0 Å². The second kappa shape index (κ2) is 6.76. The van der Waals surface area contributed by atoms with E-state index in [1.807, 2.05) is 6.07 Å². The van der Waals surface area contributed by atoms with E-state index in [0.717, 1.165) is 9.37 Å². The largest absolute Gasteiger partial charge is 0.399 e. The van der Waals surface area contributed by atoms with Gasteiger partial charge >= 0.3 is 0 Å². The van der Waals surface area contributed by atoms with Crippen molar-refractivity contribution in [1.82, 2.24) is 0 Å². The van der Waals surface area contributed by atoms with Crippen molar-refractivity contribution in [2.75, 3.05) is 16.8 Å². The van der Waals surface area contributed by atoms with Gasteiger partial charge in [-0.1, -0.05) is 6.07 Å². The summed E-state index contributed by atoms with van der Waals surface area (Å²) >= 11 is 4.77. The first-order valence-electron chi connectivity index (χ1n) is 5.78. The summed E-state index contributed by atoms with van der Waals surface area (Å²) in [7, 11) is 0. The summed E-state index contributed by atoms with van der Waals surface area (Å²) in [4.78, 5) is 12.7. The molecule has 0 heterocycles. The maximum atomic E-state index is 13.0. The highest BCUT2D eigenvalue weighted by Gasteiger charge is 2.07. The number of rotatable bonds is 4. The molecule has 1 amide bonds. The number of thioether (sulfide) groups is 1. The number of nitrogens with one attached hydrogen (secondary N) is 1. The Morgan fingerprint density at radius 1 is 1.30 bits per heavy atom. The van der Waals surface area contributed by atoms with Gasteiger partial charge in [-0.2, -0.15) is 0 Å². The second-order valence-electron chi connectivity index (χ2n) is 4.04. The Bertz CT molecular complexity index is 636. The van der Waals surface area contributed by atoms with Gasteiger partial charge in [0.05, 0.1) is 5.75 Å². The fourth-order valence-electron chi connectivity index (χ4n) is 1.54. The van der Waals surface area contributed by atoms with Crippen LogP contribution in [0.5, 0.6) is 0 Å². The molecule has 0 aliphatic carbocycles. The molecule has 2 rings (SSSR count). The molecule has 6 heteroatoms. The fraction of sp³-hybridized carbons (Fsp3) is 0.0714. The van der Waals surface area contributed by atoms with Gasteiger partial charge in [0.15, 0.2) is 0 Å². The minimum absolute atomic E-state index is 0.190. The van der Waals surface area contributed by atoms with Crippen molar-refractivity contribution in [3.63, 3.8) is 0 Å². The van der Waals surface area contributed by atoms with Gasteiger partial charge in [-0.05, 0) is 52.3 Å². The van der Waals surface area contributed by atoms with Crippen molar-refractivity contribution in [1.29, 1.82) is 0 Å². The number of halogens is 2. The minimum Gasteiger partial charge on any atom is -0.399 e. The molecular formula is C14H12BrFN2OS. The summed E-state index contributed by atoms with van der Waals surface area (Å²) < 4.78 is 13.8. The highest BCUT2D eigenvalue weighted by Crippen LogP contribution is 2.29. The van der Waals surface area contributed by atoms with Crippen molar-refractivity contribution in [3.8, 4) is 0 Å². The van der Waals surface area contributed by atoms with Gasteiger partial charge in [0.1, 0.15) is 5.82 Å². The van der Waals surface area contributed by atoms with Crippen molar-refractivity contribution in [2.45, 2.75) is 4.90 Å². The average Bonchev–Trinajstić information content (AvgIpc) is 2.37. The van der Waals surface area contributed by atoms with E-state index in [2.05, 4.69) is 21.2 Å². The van der Waals surface area contributed by atoms with Gasteiger partial charge in [-0.15, -0.1) is 11.8 Å². The lowest BCUT2D eigenvalue weighted by Gasteiger charge is -2.07. The van der Waals surface area contributed by atoms with Crippen LogP contribution in [0.1, 0.15) is 0 Å². The quantitative estimate of drug-likeness (QED) is 0.646. The maximum absolute atomic E-state index is 13.0. The Kier molecular flexibility index (Phi) is 5.03. The van der Waals surface area contributed by atoms with Gasteiger partial charge in [-0.3, -0.25) is 4.79 Å². The fourth-order valence-corrected chi connectivity index (χ4v) is 3.00. The predicted octanol–water partition coefficient (Wildman–Crippen LogP) is 3.90. The number of benzene rings is 2. The number of nitrogens with two attached hydrogens (primary N) is 1. The smallest absolute Gasteiger partial charge is 0.234 e. The number of amides is 1. The molecule has 0 fully saturated rings. The normalized spacial score (nSPS) is 10.3. The molecule has 0 bridgehead atoms. The van der Waals surface area contributed by atoms with Crippen LogP contribution in [0.15, 0.2) is 51.8 Å². The molecule has 0 saturated carbocycles. The van der Waals surface area contributed by atoms with Crippen LogP contribution in [0, 0.1) is 5.82 Å². The first-order valence-corrected chi connectivity index (χ1v) is 7.56. The first-order chi connectivity index (χ1) is 9.54. The third-order valence-corrected chi connectivity index (χ3v) is 4.42. The number of nitrogen functional groups attached to an aromatic ring is 1. The van der Waals surface area contributed by atoms with Gasteiger partial charge in [-0.25, -0.2) is 4.39 Å². The van der Waals surface area contributed by atoms with Crippen LogP contribution in [0.3, 0.4) is 0 Å². The topological polar surface area (TPSA) is 55.1 Å². The highest BCUT2D eigenvalue weighted by molar-refractivity contribution is 9.10. The third kappa shape index (κ3) is 4.25. The SMILES string of the molecule is Nc1ccc(SCC(=O)Nc2cccc(F)c2)c(Br)c1. The van der Waals surface area contributed by atoms with E-state index in [4.69, 9.17) is 5.73 Å². The molecule has 104 valence electrons. The summed E-state index contributed by atoms with van der Waals surface area (Å²) in [6.45, 7) is 0. The zero-order valence-electron chi connectivity index (χ0n) is 10.4. The Morgan fingerprint density at radius 3 is 2.80 bits per heavy atom. The van der Waals surface area contributed by atoms with Crippen molar-refractivity contribution in [3.05, 3.63) is 52.8 Å². The molecule has 0 saturated heterocycles. The molecule has 0 radical (unpaired) electrons. The predicted molar refractivity (Wildman–Crippen MR) is 84.3 cm³/mol. The van der Waals surface area contributed by atoms with E-state index in [1.165, 1.54) is 23.9 Å². The average molecular weight is 355 g/mol.